The Morgan fingerprint density at radius 2 is 2.12 bits per heavy atom. The number of carboxylic acid groups (broad SMARTS) is 1. The number of nitro benzene ring substituents is 1. The van der Waals surface area contributed by atoms with Crippen LogP contribution in [0.1, 0.15) is 27.6 Å². The molecule has 0 radical (unpaired) electrons. The third-order valence-electron chi connectivity index (χ3n) is 2.18. The van der Waals surface area contributed by atoms with E-state index < -0.39 is 28.2 Å². The molecule has 0 aliphatic carbocycles. The molecular weight excluding hydrogens is 230 g/mol. The Bertz CT molecular complexity index is 496. The fraction of sp³-hybridized carbons (Fsp3) is 0.200. The van der Waals surface area contributed by atoms with Crippen molar-refractivity contribution in [2.24, 2.45) is 0 Å². The number of carbonyl (C=O) groups excluding carboxylic acids is 1. The highest BCUT2D eigenvalue weighted by molar-refractivity contribution is 5.87. The molecule has 0 saturated carbocycles. The van der Waals surface area contributed by atoms with Crippen LogP contribution in [-0.4, -0.2) is 27.4 Å². The van der Waals surface area contributed by atoms with Crippen molar-refractivity contribution in [3.8, 4) is 0 Å². The minimum absolute atomic E-state index is 0.166. The number of nitrogens with zero attached hydrogens (tertiary/aromatic N) is 1. The Morgan fingerprint density at radius 1 is 1.53 bits per heavy atom. The largest absolute Gasteiger partial charge is 0.479 e. The Morgan fingerprint density at radius 3 is 2.53 bits per heavy atom. The molecule has 0 fully saturated rings. The van der Waals surface area contributed by atoms with Gasteiger partial charge in [0.05, 0.1) is 10.5 Å². The maximum Gasteiger partial charge on any atom is 0.337 e. The van der Waals surface area contributed by atoms with Crippen LogP contribution < -0.4 is 0 Å². The smallest absolute Gasteiger partial charge is 0.337 e. The summed E-state index contributed by atoms with van der Waals surface area (Å²) < 4.78 is 0. The first-order valence-corrected chi connectivity index (χ1v) is 4.53. The molecule has 0 spiro atoms. The number of rotatable bonds is 4. The van der Waals surface area contributed by atoms with Gasteiger partial charge in [-0.25, -0.2) is 4.79 Å². The predicted octanol–water partition coefficient (Wildman–Crippen LogP) is 0.834. The molecule has 1 aromatic carbocycles. The van der Waals surface area contributed by atoms with Crippen molar-refractivity contribution < 1.29 is 24.7 Å². The van der Waals surface area contributed by atoms with Gasteiger partial charge in [-0.2, -0.15) is 0 Å². The van der Waals surface area contributed by atoms with E-state index in [9.17, 15) is 24.8 Å². The number of nitro groups is 1. The highest BCUT2D eigenvalue weighted by Crippen LogP contribution is 2.27. The highest BCUT2D eigenvalue weighted by Gasteiger charge is 2.26. The second-order valence-electron chi connectivity index (χ2n) is 3.40. The van der Waals surface area contributed by atoms with Gasteiger partial charge in [-0.1, -0.05) is 6.07 Å². The zero-order valence-electron chi connectivity index (χ0n) is 8.78. The topological polar surface area (TPSA) is 118 Å². The molecular formula is C10H9NO6. The minimum atomic E-state index is -1.96. The Balaban J connectivity index is 3.53. The second kappa shape index (κ2) is 4.71. The number of aliphatic carboxylic acids is 1. The molecule has 0 bridgehead atoms. The minimum Gasteiger partial charge on any atom is -0.479 e. The summed E-state index contributed by atoms with van der Waals surface area (Å²) in [5.41, 5.74) is -0.831. The van der Waals surface area contributed by atoms with E-state index >= 15 is 0 Å². The van der Waals surface area contributed by atoms with E-state index in [0.29, 0.717) is 5.56 Å². The van der Waals surface area contributed by atoms with Crippen molar-refractivity contribution in [3.05, 3.63) is 38.9 Å². The molecule has 7 nitrogen and oxygen atoms in total. The highest BCUT2D eigenvalue weighted by atomic mass is 16.6. The van der Waals surface area contributed by atoms with Gasteiger partial charge in [-0.15, -0.1) is 0 Å². The number of hydrogen-bond acceptors (Lipinski definition) is 5. The number of carboxylic acids is 1. The number of aliphatic hydroxyl groups excluding tert-OH is 1. The molecule has 0 amide bonds. The van der Waals surface area contributed by atoms with Crippen molar-refractivity contribution in [1.29, 1.82) is 0 Å². The maximum atomic E-state index is 10.8. The number of aldehydes is 1. The Hall–Kier alpha value is -2.28. The SMILES string of the molecule is Cc1cc(C(O)C(=O)O)c(C=O)c([N+](=O)[O-])c1. The molecule has 90 valence electrons. The lowest BCUT2D eigenvalue weighted by molar-refractivity contribution is -0.385. The maximum absolute atomic E-state index is 10.8. The molecule has 0 aromatic heterocycles. The van der Waals surface area contributed by atoms with E-state index in [0.717, 1.165) is 6.07 Å². The third-order valence-corrected chi connectivity index (χ3v) is 2.18. The number of benzene rings is 1. The van der Waals surface area contributed by atoms with E-state index in [1.807, 2.05) is 0 Å². The van der Waals surface area contributed by atoms with Gasteiger partial charge in [-0.3, -0.25) is 14.9 Å². The standard InChI is InChI=1S/C10H9NO6/c1-5-2-6(9(13)10(14)15)7(4-12)8(3-5)11(16)17/h2-4,9,13H,1H3,(H,14,15). The van der Waals surface area contributed by atoms with E-state index in [2.05, 4.69) is 0 Å². The summed E-state index contributed by atoms with van der Waals surface area (Å²) in [6, 6.07) is 2.37. The molecule has 2 N–H and O–H groups in total. The molecule has 0 aliphatic heterocycles. The number of aryl methyl sites for hydroxylation is 1. The molecule has 1 aromatic rings. The first-order valence-electron chi connectivity index (χ1n) is 4.53. The van der Waals surface area contributed by atoms with Crippen LogP contribution in [0.4, 0.5) is 5.69 Å². The molecule has 0 saturated heterocycles. The predicted molar refractivity (Wildman–Crippen MR) is 55.8 cm³/mol. The summed E-state index contributed by atoms with van der Waals surface area (Å²) in [5, 5.41) is 28.7. The molecule has 17 heavy (non-hydrogen) atoms. The van der Waals surface area contributed by atoms with Gasteiger partial charge < -0.3 is 10.2 Å². The zero-order valence-corrected chi connectivity index (χ0v) is 8.78. The number of aliphatic hydroxyl groups is 1. The fourth-order valence-electron chi connectivity index (χ4n) is 1.44. The summed E-state index contributed by atoms with van der Waals surface area (Å²) >= 11 is 0. The normalized spacial score (nSPS) is 11.9. The van der Waals surface area contributed by atoms with Crippen LogP contribution in [0.15, 0.2) is 12.1 Å². The van der Waals surface area contributed by atoms with Crippen molar-refractivity contribution in [2.75, 3.05) is 0 Å². The third kappa shape index (κ3) is 2.45. The fourth-order valence-corrected chi connectivity index (χ4v) is 1.44. The lowest BCUT2D eigenvalue weighted by Crippen LogP contribution is -2.14. The van der Waals surface area contributed by atoms with Gasteiger partial charge in [0.1, 0.15) is 0 Å². The van der Waals surface area contributed by atoms with Crippen LogP contribution >= 0.6 is 0 Å². The van der Waals surface area contributed by atoms with Crippen molar-refractivity contribution in [1.82, 2.24) is 0 Å². The van der Waals surface area contributed by atoms with Crippen LogP contribution in [0.2, 0.25) is 0 Å². The van der Waals surface area contributed by atoms with Crippen LogP contribution in [0, 0.1) is 17.0 Å². The van der Waals surface area contributed by atoms with Gasteiger partial charge in [0, 0.05) is 11.6 Å². The lowest BCUT2D eigenvalue weighted by atomic mass is 9.98. The van der Waals surface area contributed by atoms with Crippen molar-refractivity contribution in [3.63, 3.8) is 0 Å². The van der Waals surface area contributed by atoms with Crippen LogP contribution in [-0.2, 0) is 4.79 Å². The summed E-state index contributed by atoms with van der Waals surface area (Å²) in [6.45, 7) is 1.50. The van der Waals surface area contributed by atoms with E-state index in [4.69, 9.17) is 5.11 Å². The first-order chi connectivity index (χ1) is 7.88. The van der Waals surface area contributed by atoms with Crippen molar-refractivity contribution in [2.45, 2.75) is 13.0 Å². The Labute approximate surface area is 95.5 Å². The van der Waals surface area contributed by atoms with Crippen LogP contribution in [0.3, 0.4) is 0 Å². The van der Waals surface area contributed by atoms with E-state index in [-0.39, 0.29) is 11.8 Å². The van der Waals surface area contributed by atoms with Gasteiger partial charge in [0.25, 0.3) is 5.69 Å². The molecule has 0 heterocycles. The number of hydrogen-bond donors (Lipinski definition) is 2. The van der Waals surface area contributed by atoms with Crippen LogP contribution in [0.5, 0.6) is 0 Å². The monoisotopic (exact) mass is 239 g/mol. The summed E-state index contributed by atoms with van der Waals surface area (Å²) in [4.78, 5) is 31.3. The van der Waals surface area contributed by atoms with Crippen molar-refractivity contribution >= 4 is 17.9 Å². The zero-order chi connectivity index (χ0) is 13.2. The summed E-state index contributed by atoms with van der Waals surface area (Å²) in [6.07, 6.45) is -1.80. The van der Waals surface area contributed by atoms with Gasteiger partial charge in [-0.05, 0) is 12.5 Å². The second-order valence-corrected chi connectivity index (χ2v) is 3.40. The average Bonchev–Trinajstić information content (AvgIpc) is 2.26. The number of carbonyl (C=O) groups is 2. The summed E-state index contributed by atoms with van der Waals surface area (Å²) in [7, 11) is 0. The van der Waals surface area contributed by atoms with E-state index in [1.165, 1.54) is 13.0 Å². The Kier molecular flexibility index (Phi) is 3.54. The van der Waals surface area contributed by atoms with Gasteiger partial charge in [0.15, 0.2) is 12.4 Å². The van der Waals surface area contributed by atoms with E-state index in [1.54, 1.807) is 0 Å². The lowest BCUT2D eigenvalue weighted by Gasteiger charge is -2.10. The summed E-state index contributed by atoms with van der Waals surface area (Å²) in [5.74, 6) is -1.58. The molecule has 7 heteroatoms. The quantitative estimate of drug-likeness (QED) is 0.456. The van der Waals surface area contributed by atoms with Gasteiger partial charge >= 0.3 is 5.97 Å². The molecule has 1 unspecified atom stereocenters. The molecule has 1 rings (SSSR count). The average molecular weight is 239 g/mol. The first kappa shape index (κ1) is 12.8. The van der Waals surface area contributed by atoms with Gasteiger partial charge in [0.2, 0.25) is 0 Å². The van der Waals surface area contributed by atoms with Crippen LogP contribution in [0.25, 0.3) is 0 Å². The molecule has 1 atom stereocenters. The molecule has 0 aliphatic rings.